The van der Waals surface area contributed by atoms with E-state index in [1.807, 2.05) is 17.3 Å². The molecule has 1 aromatic rings. The van der Waals surface area contributed by atoms with Crippen molar-refractivity contribution < 1.29 is 0 Å². The van der Waals surface area contributed by atoms with Crippen molar-refractivity contribution in [1.29, 1.82) is 0 Å². The lowest BCUT2D eigenvalue weighted by atomic mass is 10.2. The van der Waals surface area contributed by atoms with Gasteiger partial charge in [0.2, 0.25) is 0 Å². The van der Waals surface area contributed by atoms with Crippen LogP contribution in [0.1, 0.15) is 17.5 Å². The van der Waals surface area contributed by atoms with Crippen LogP contribution in [0.2, 0.25) is 0 Å². The van der Waals surface area contributed by atoms with E-state index in [-0.39, 0.29) is 0 Å². The van der Waals surface area contributed by atoms with Gasteiger partial charge in [-0.05, 0) is 31.4 Å². The van der Waals surface area contributed by atoms with Gasteiger partial charge < -0.3 is 5.32 Å². The minimum absolute atomic E-state index is 0.748. The molecule has 1 unspecified atom stereocenters. The lowest BCUT2D eigenvalue weighted by Crippen LogP contribution is -2.21. The van der Waals surface area contributed by atoms with Crippen LogP contribution in [0.15, 0.2) is 5.51 Å². The Morgan fingerprint density at radius 1 is 1.64 bits per heavy atom. The van der Waals surface area contributed by atoms with E-state index in [1.54, 1.807) is 11.3 Å². The SMILES string of the molecule is CSCC(C)CNCc1scnc1C. The molecular formula is C10H18N2S2. The molecule has 0 aromatic carbocycles. The van der Waals surface area contributed by atoms with Gasteiger partial charge in [-0.2, -0.15) is 11.8 Å². The van der Waals surface area contributed by atoms with Crippen LogP contribution < -0.4 is 5.32 Å². The molecule has 1 atom stereocenters. The topological polar surface area (TPSA) is 24.9 Å². The second kappa shape index (κ2) is 6.43. The largest absolute Gasteiger partial charge is 0.311 e. The fraction of sp³-hybridized carbons (Fsp3) is 0.700. The van der Waals surface area contributed by atoms with Gasteiger partial charge in [-0.1, -0.05) is 6.92 Å². The van der Waals surface area contributed by atoms with E-state index in [2.05, 4.69) is 30.4 Å². The number of aryl methyl sites for hydroxylation is 1. The Bertz CT molecular complexity index is 260. The van der Waals surface area contributed by atoms with E-state index in [0.717, 1.165) is 19.0 Å². The molecule has 0 aliphatic rings. The standard InChI is InChI=1S/C10H18N2S2/c1-8(6-13-3)4-11-5-10-9(2)12-7-14-10/h7-8,11H,4-6H2,1-3H3. The summed E-state index contributed by atoms with van der Waals surface area (Å²) in [5.41, 5.74) is 3.08. The molecule has 14 heavy (non-hydrogen) atoms. The summed E-state index contributed by atoms with van der Waals surface area (Å²) in [5.74, 6) is 1.98. The van der Waals surface area contributed by atoms with Gasteiger partial charge in [-0.25, -0.2) is 4.98 Å². The average molecular weight is 230 g/mol. The van der Waals surface area contributed by atoms with Gasteiger partial charge in [0.1, 0.15) is 0 Å². The van der Waals surface area contributed by atoms with E-state index in [4.69, 9.17) is 0 Å². The third-order valence-electron chi connectivity index (χ3n) is 2.07. The van der Waals surface area contributed by atoms with Gasteiger partial charge in [0.05, 0.1) is 11.2 Å². The highest BCUT2D eigenvalue weighted by atomic mass is 32.2. The number of rotatable bonds is 6. The first-order valence-electron chi connectivity index (χ1n) is 4.82. The second-order valence-electron chi connectivity index (χ2n) is 3.55. The van der Waals surface area contributed by atoms with Crippen molar-refractivity contribution >= 4 is 23.1 Å². The molecule has 2 nitrogen and oxygen atoms in total. The molecule has 1 heterocycles. The van der Waals surface area contributed by atoms with E-state index >= 15 is 0 Å². The van der Waals surface area contributed by atoms with Crippen molar-refractivity contribution in [1.82, 2.24) is 10.3 Å². The number of aromatic nitrogens is 1. The summed E-state index contributed by atoms with van der Waals surface area (Å²) in [6, 6.07) is 0. The number of nitrogens with zero attached hydrogens (tertiary/aromatic N) is 1. The fourth-order valence-electron chi connectivity index (χ4n) is 1.27. The van der Waals surface area contributed by atoms with Gasteiger partial charge in [-0.3, -0.25) is 0 Å². The molecule has 1 N–H and O–H groups in total. The lowest BCUT2D eigenvalue weighted by Gasteiger charge is -2.10. The first kappa shape index (κ1) is 12.0. The summed E-state index contributed by atoms with van der Waals surface area (Å²) in [6.45, 7) is 6.41. The van der Waals surface area contributed by atoms with Crippen LogP contribution in [0, 0.1) is 12.8 Å². The zero-order valence-electron chi connectivity index (χ0n) is 9.04. The lowest BCUT2D eigenvalue weighted by molar-refractivity contribution is 0.561. The molecule has 0 amide bonds. The van der Waals surface area contributed by atoms with E-state index < -0.39 is 0 Å². The van der Waals surface area contributed by atoms with E-state index in [1.165, 1.54) is 16.3 Å². The summed E-state index contributed by atoms with van der Waals surface area (Å²) in [4.78, 5) is 5.59. The van der Waals surface area contributed by atoms with Gasteiger partial charge in [0.25, 0.3) is 0 Å². The molecule has 0 saturated heterocycles. The van der Waals surface area contributed by atoms with Crippen LogP contribution >= 0.6 is 23.1 Å². The van der Waals surface area contributed by atoms with Crippen LogP contribution in [-0.2, 0) is 6.54 Å². The van der Waals surface area contributed by atoms with Crippen molar-refractivity contribution in [3.8, 4) is 0 Å². The zero-order chi connectivity index (χ0) is 10.4. The van der Waals surface area contributed by atoms with Gasteiger partial charge in [0, 0.05) is 11.4 Å². The Morgan fingerprint density at radius 2 is 2.43 bits per heavy atom. The smallest absolute Gasteiger partial charge is 0.0798 e. The average Bonchev–Trinajstić information content (AvgIpc) is 2.52. The molecule has 1 aromatic heterocycles. The summed E-state index contributed by atoms with van der Waals surface area (Å²) >= 11 is 3.65. The second-order valence-corrected chi connectivity index (χ2v) is 5.40. The molecule has 0 fully saturated rings. The number of thiazole rings is 1. The molecular weight excluding hydrogens is 212 g/mol. The van der Waals surface area contributed by atoms with Crippen LogP contribution in [0.3, 0.4) is 0 Å². The maximum Gasteiger partial charge on any atom is 0.0798 e. The van der Waals surface area contributed by atoms with Crippen LogP contribution in [0.4, 0.5) is 0 Å². The van der Waals surface area contributed by atoms with Crippen LogP contribution in [-0.4, -0.2) is 23.5 Å². The first-order valence-corrected chi connectivity index (χ1v) is 7.10. The van der Waals surface area contributed by atoms with Crippen LogP contribution in [0.25, 0.3) is 0 Å². The Labute approximate surface area is 94.5 Å². The van der Waals surface area contributed by atoms with Crippen molar-refractivity contribution in [2.24, 2.45) is 5.92 Å². The predicted octanol–water partition coefficient (Wildman–Crippen LogP) is 2.54. The quantitative estimate of drug-likeness (QED) is 0.813. The minimum Gasteiger partial charge on any atom is -0.311 e. The highest BCUT2D eigenvalue weighted by Gasteiger charge is 2.03. The van der Waals surface area contributed by atoms with E-state index in [0.29, 0.717) is 0 Å². The van der Waals surface area contributed by atoms with Crippen molar-refractivity contribution in [2.45, 2.75) is 20.4 Å². The van der Waals surface area contributed by atoms with Crippen LogP contribution in [0.5, 0.6) is 0 Å². The molecule has 0 spiro atoms. The normalized spacial score (nSPS) is 13.1. The molecule has 0 radical (unpaired) electrons. The van der Waals surface area contributed by atoms with Crippen molar-refractivity contribution in [3.05, 3.63) is 16.1 Å². The summed E-state index contributed by atoms with van der Waals surface area (Å²) in [7, 11) is 0. The Kier molecular flexibility index (Phi) is 5.52. The van der Waals surface area contributed by atoms with Crippen molar-refractivity contribution in [3.63, 3.8) is 0 Å². The molecule has 4 heteroatoms. The van der Waals surface area contributed by atoms with Gasteiger partial charge in [0.15, 0.2) is 0 Å². The number of nitrogens with one attached hydrogen (secondary N) is 1. The highest BCUT2D eigenvalue weighted by molar-refractivity contribution is 7.98. The third kappa shape index (κ3) is 3.98. The first-order chi connectivity index (χ1) is 6.74. The molecule has 80 valence electrons. The summed E-state index contributed by atoms with van der Waals surface area (Å²) < 4.78 is 0. The van der Waals surface area contributed by atoms with Gasteiger partial charge in [-0.15, -0.1) is 11.3 Å². The van der Waals surface area contributed by atoms with Gasteiger partial charge >= 0.3 is 0 Å². The Balaban J connectivity index is 2.19. The maximum absolute atomic E-state index is 4.23. The monoisotopic (exact) mass is 230 g/mol. The Hall–Kier alpha value is -0.0600. The summed E-state index contributed by atoms with van der Waals surface area (Å²) in [6.07, 6.45) is 2.16. The molecule has 0 aliphatic carbocycles. The molecule has 0 aliphatic heterocycles. The molecule has 0 saturated carbocycles. The number of hydrogen-bond acceptors (Lipinski definition) is 4. The zero-order valence-corrected chi connectivity index (χ0v) is 10.7. The molecule has 0 bridgehead atoms. The molecule has 1 rings (SSSR count). The minimum atomic E-state index is 0.748. The fourth-order valence-corrected chi connectivity index (χ4v) is 2.71. The predicted molar refractivity (Wildman–Crippen MR) is 66.1 cm³/mol. The number of hydrogen-bond donors (Lipinski definition) is 1. The van der Waals surface area contributed by atoms with E-state index in [9.17, 15) is 0 Å². The maximum atomic E-state index is 4.23. The third-order valence-corrected chi connectivity index (χ3v) is 3.91. The number of thioether (sulfide) groups is 1. The summed E-state index contributed by atoms with van der Waals surface area (Å²) in [5, 5.41) is 3.47. The highest BCUT2D eigenvalue weighted by Crippen LogP contribution is 2.11. The Morgan fingerprint density at radius 3 is 3.00 bits per heavy atom. The van der Waals surface area contributed by atoms with Crippen molar-refractivity contribution in [2.75, 3.05) is 18.6 Å².